The Labute approximate surface area is 123 Å². The van der Waals surface area contributed by atoms with E-state index in [2.05, 4.69) is 18.3 Å². The Morgan fingerprint density at radius 3 is 2.60 bits per heavy atom. The Bertz CT molecular complexity index is 574. The Morgan fingerprint density at radius 2 is 1.90 bits per heavy atom. The van der Waals surface area contributed by atoms with E-state index < -0.39 is 5.82 Å². The molecule has 0 fully saturated rings. The Balaban J connectivity index is 2.04. The molecule has 0 aliphatic rings. The topological polar surface area (TPSA) is 21.3 Å². The lowest BCUT2D eigenvalue weighted by Gasteiger charge is -2.11. The predicted octanol–water partition coefficient (Wildman–Crippen LogP) is 4.17. The molecule has 0 amide bonds. The second-order valence-electron chi connectivity index (χ2n) is 4.41. The molecule has 0 aromatic heterocycles. The average Bonchev–Trinajstić information content (AvgIpc) is 2.47. The van der Waals surface area contributed by atoms with Gasteiger partial charge in [-0.2, -0.15) is 0 Å². The highest BCUT2D eigenvalue weighted by Gasteiger charge is 2.05. The van der Waals surface area contributed by atoms with Gasteiger partial charge in [-0.3, -0.25) is 0 Å². The molecule has 2 aromatic carbocycles. The molecule has 2 rings (SSSR count). The first-order chi connectivity index (χ1) is 9.70. The molecule has 0 aliphatic carbocycles. The molecule has 0 aliphatic heterocycles. The summed E-state index contributed by atoms with van der Waals surface area (Å²) in [6, 6.07) is 12.5. The second kappa shape index (κ2) is 7.27. The molecule has 0 atom stereocenters. The maximum atomic E-state index is 13.3. The molecule has 0 bridgehead atoms. The van der Waals surface area contributed by atoms with Gasteiger partial charge < -0.3 is 10.1 Å². The summed E-state index contributed by atoms with van der Waals surface area (Å²) >= 11 is 5.64. The van der Waals surface area contributed by atoms with Gasteiger partial charge in [-0.25, -0.2) is 4.39 Å². The fraction of sp³-hybridized carbons (Fsp3) is 0.250. The van der Waals surface area contributed by atoms with E-state index in [-0.39, 0.29) is 5.02 Å². The minimum absolute atomic E-state index is 0.102. The Hall–Kier alpha value is -1.58. The SMILES string of the molecule is CCNCc1ccccc1COc1ccc(Cl)c(F)c1. The highest BCUT2D eigenvalue weighted by Crippen LogP contribution is 2.21. The van der Waals surface area contributed by atoms with Crippen LogP contribution in [-0.4, -0.2) is 6.54 Å². The van der Waals surface area contributed by atoms with Crippen LogP contribution in [0.2, 0.25) is 5.02 Å². The van der Waals surface area contributed by atoms with Gasteiger partial charge in [0.25, 0.3) is 0 Å². The number of rotatable bonds is 6. The second-order valence-corrected chi connectivity index (χ2v) is 4.82. The van der Waals surface area contributed by atoms with E-state index in [4.69, 9.17) is 16.3 Å². The van der Waals surface area contributed by atoms with Gasteiger partial charge in [0.05, 0.1) is 5.02 Å². The van der Waals surface area contributed by atoms with Gasteiger partial charge >= 0.3 is 0 Å². The summed E-state index contributed by atoms with van der Waals surface area (Å²) in [6.45, 7) is 4.18. The van der Waals surface area contributed by atoms with Crippen LogP contribution in [0.25, 0.3) is 0 Å². The smallest absolute Gasteiger partial charge is 0.145 e. The van der Waals surface area contributed by atoms with E-state index in [1.54, 1.807) is 6.07 Å². The van der Waals surface area contributed by atoms with E-state index in [1.807, 2.05) is 18.2 Å². The van der Waals surface area contributed by atoms with Gasteiger partial charge in [0.1, 0.15) is 18.2 Å². The van der Waals surface area contributed by atoms with Crippen molar-refractivity contribution in [1.82, 2.24) is 5.32 Å². The summed E-state index contributed by atoms with van der Waals surface area (Å²) in [7, 11) is 0. The lowest BCUT2D eigenvalue weighted by Crippen LogP contribution is -2.13. The van der Waals surface area contributed by atoms with Gasteiger partial charge in [0, 0.05) is 12.6 Å². The van der Waals surface area contributed by atoms with Crippen LogP contribution in [0, 0.1) is 5.82 Å². The molecule has 0 saturated heterocycles. The van der Waals surface area contributed by atoms with Crippen LogP contribution >= 0.6 is 11.6 Å². The summed E-state index contributed by atoms with van der Waals surface area (Å²) in [4.78, 5) is 0. The summed E-state index contributed by atoms with van der Waals surface area (Å²) in [5.74, 6) is 0.00950. The molecule has 2 nitrogen and oxygen atoms in total. The van der Waals surface area contributed by atoms with Crippen LogP contribution < -0.4 is 10.1 Å². The molecule has 0 saturated carbocycles. The third-order valence-corrected chi connectivity index (χ3v) is 3.28. The highest BCUT2D eigenvalue weighted by molar-refractivity contribution is 6.30. The molecule has 106 valence electrons. The van der Waals surface area contributed by atoms with Gasteiger partial charge in [-0.15, -0.1) is 0 Å². The van der Waals surface area contributed by atoms with E-state index >= 15 is 0 Å². The molecule has 4 heteroatoms. The highest BCUT2D eigenvalue weighted by atomic mass is 35.5. The van der Waals surface area contributed by atoms with Crippen molar-refractivity contribution in [3.05, 3.63) is 64.4 Å². The van der Waals surface area contributed by atoms with Crippen LogP contribution in [-0.2, 0) is 13.2 Å². The minimum Gasteiger partial charge on any atom is -0.489 e. The number of nitrogens with one attached hydrogen (secondary N) is 1. The van der Waals surface area contributed by atoms with Crippen LogP contribution in [0.1, 0.15) is 18.1 Å². The Kier molecular flexibility index (Phi) is 5.39. The summed E-state index contributed by atoms with van der Waals surface area (Å²) in [6.07, 6.45) is 0. The Morgan fingerprint density at radius 1 is 1.15 bits per heavy atom. The number of benzene rings is 2. The van der Waals surface area contributed by atoms with Crippen molar-refractivity contribution in [2.45, 2.75) is 20.1 Å². The van der Waals surface area contributed by atoms with E-state index in [0.717, 1.165) is 18.7 Å². The number of ether oxygens (including phenoxy) is 1. The van der Waals surface area contributed by atoms with Crippen LogP contribution in [0.5, 0.6) is 5.75 Å². The standard InChI is InChI=1S/C16H17ClFNO/c1-2-19-10-12-5-3-4-6-13(12)11-20-14-7-8-15(17)16(18)9-14/h3-9,19H,2,10-11H2,1H3. The van der Waals surface area contributed by atoms with Crippen molar-refractivity contribution < 1.29 is 9.13 Å². The summed E-state index contributed by atoms with van der Waals surface area (Å²) < 4.78 is 19.0. The summed E-state index contributed by atoms with van der Waals surface area (Å²) in [5.41, 5.74) is 2.27. The van der Waals surface area contributed by atoms with Crippen molar-refractivity contribution in [3.8, 4) is 5.75 Å². The average molecular weight is 294 g/mol. The van der Waals surface area contributed by atoms with Crippen LogP contribution in [0.15, 0.2) is 42.5 Å². The fourth-order valence-electron chi connectivity index (χ4n) is 1.86. The molecule has 1 N–H and O–H groups in total. The van der Waals surface area contributed by atoms with E-state index in [1.165, 1.54) is 17.7 Å². The fourth-order valence-corrected chi connectivity index (χ4v) is 1.98. The van der Waals surface area contributed by atoms with Crippen LogP contribution in [0.3, 0.4) is 0 Å². The molecular formula is C16H17ClFNO. The maximum absolute atomic E-state index is 13.3. The number of hydrogen-bond donors (Lipinski definition) is 1. The van der Waals surface area contributed by atoms with Crippen molar-refractivity contribution in [3.63, 3.8) is 0 Å². The molecule has 0 radical (unpaired) electrons. The minimum atomic E-state index is -0.467. The van der Waals surface area contributed by atoms with Gasteiger partial charge in [-0.05, 0) is 29.8 Å². The van der Waals surface area contributed by atoms with Crippen molar-refractivity contribution >= 4 is 11.6 Å². The molecular weight excluding hydrogens is 277 g/mol. The third-order valence-electron chi connectivity index (χ3n) is 2.97. The van der Waals surface area contributed by atoms with E-state index in [0.29, 0.717) is 12.4 Å². The zero-order valence-corrected chi connectivity index (χ0v) is 12.1. The lowest BCUT2D eigenvalue weighted by atomic mass is 10.1. The molecule has 0 unspecified atom stereocenters. The third kappa shape index (κ3) is 3.95. The number of halogens is 2. The van der Waals surface area contributed by atoms with Crippen molar-refractivity contribution in [2.24, 2.45) is 0 Å². The maximum Gasteiger partial charge on any atom is 0.145 e. The summed E-state index contributed by atoms with van der Waals surface area (Å²) in [5, 5.41) is 3.39. The first-order valence-electron chi connectivity index (χ1n) is 6.56. The quantitative estimate of drug-likeness (QED) is 0.863. The molecule has 2 aromatic rings. The van der Waals surface area contributed by atoms with Gasteiger partial charge in [0.15, 0.2) is 0 Å². The van der Waals surface area contributed by atoms with Crippen LogP contribution in [0.4, 0.5) is 4.39 Å². The first-order valence-corrected chi connectivity index (χ1v) is 6.94. The monoisotopic (exact) mass is 293 g/mol. The zero-order valence-electron chi connectivity index (χ0n) is 11.3. The molecule has 0 spiro atoms. The van der Waals surface area contributed by atoms with E-state index in [9.17, 15) is 4.39 Å². The van der Waals surface area contributed by atoms with Crippen molar-refractivity contribution in [1.29, 1.82) is 0 Å². The number of hydrogen-bond acceptors (Lipinski definition) is 2. The van der Waals surface area contributed by atoms with Crippen molar-refractivity contribution in [2.75, 3.05) is 6.54 Å². The first kappa shape index (κ1) is 14.8. The molecule has 20 heavy (non-hydrogen) atoms. The largest absolute Gasteiger partial charge is 0.489 e. The lowest BCUT2D eigenvalue weighted by molar-refractivity contribution is 0.303. The van der Waals surface area contributed by atoms with Gasteiger partial charge in [0.2, 0.25) is 0 Å². The predicted molar refractivity (Wildman–Crippen MR) is 79.6 cm³/mol. The normalized spacial score (nSPS) is 10.6. The zero-order chi connectivity index (χ0) is 14.4. The molecule has 0 heterocycles. The van der Waals surface area contributed by atoms with Gasteiger partial charge in [-0.1, -0.05) is 42.8 Å².